The third kappa shape index (κ3) is 5.45. The van der Waals surface area contributed by atoms with Crippen LogP contribution in [0.15, 0.2) is 36.4 Å². The molecular weight excluding hydrogens is 575 g/mol. The summed E-state index contributed by atoms with van der Waals surface area (Å²) in [6.45, 7) is 19.7. The Labute approximate surface area is 232 Å². The van der Waals surface area contributed by atoms with Gasteiger partial charge in [0.2, 0.25) is 0 Å². The molecular formula is C34H42O3Sn. The van der Waals surface area contributed by atoms with Gasteiger partial charge >= 0.3 is 234 Å². The van der Waals surface area contributed by atoms with E-state index in [2.05, 4.69) is 6.92 Å². The maximum absolute atomic E-state index is 15.0. The predicted molar refractivity (Wildman–Crippen MR) is 160 cm³/mol. The van der Waals surface area contributed by atoms with Gasteiger partial charge in [-0.25, -0.2) is 0 Å². The van der Waals surface area contributed by atoms with Gasteiger partial charge in [0, 0.05) is 0 Å². The molecule has 0 aliphatic carbocycles. The second kappa shape index (κ2) is 11.7. The summed E-state index contributed by atoms with van der Waals surface area (Å²) in [5.74, 6) is 0. The molecule has 0 amide bonds. The number of hydrogen-bond donors (Lipinski definition) is 0. The summed E-state index contributed by atoms with van der Waals surface area (Å²) < 4.78 is -0.127. The summed E-state index contributed by atoms with van der Waals surface area (Å²) in [7, 11) is 0. The van der Waals surface area contributed by atoms with Crippen LogP contribution >= 0.6 is 0 Å². The summed E-state index contributed by atoms with van der Waals surface area (Å²) >= 11 is -5.11. The van der Waals surface area contributed by atoms with Crippen LogP contribution in [0, 0.1) is 62.3 Å². The third-order valence-electron chi connectivity index (χ3n) is 7.78. The van der Waals surface area contributed by atoms with Gasteiger partial charge < -0.3 is 0 Å². The van der Waals surface area contributed by atoms with Gasteiger partial charge in [0.25, 0.3) is 0 Å². The van der Waals surface area contributed by atoms with Gasteiger partial charge in [0.05, 0.1) is 0 Å². The normalized spacial score (nSPS) is 11.5. The van der Waals surface area contributed by atoms with Crippen molar-refractivity contribution >= 4 is 29.8 Å². The molecule has 0 unspecified atom stereocenters. The van der Waals surface area contributed by atoms with Crippen LogP contribution in [0.4, 0.5) is 0 Å². The first kappa shape index (κ1) is 30.0. The van der Waals surface area contributed by atoms with Crippen LogP contribution < -0.4 is 0 Å². The van der Waals surface area contributed by atoms with Crippen molar-refractivity contribution in [1.82, 2.24) is 0 Å². The molecule has 0 fully saturated rings. The molecule has 0 spiro atoms. The van der Waals surface area contributed by atoms with Gasteiger partial charge in [-0.2, -0.15) is 0 Å². The van der Waals surface area contributed by atoms with Crippen LogP contribution in [-0.4, -0.2) is 29.8 Å². The van der Waals surface area contributed by atoms with E-state index in [1.54, 1.807) is 0 Å². The first-order valence-corrected chi connectivity index (χ1v) is 19.9. The van der Waals surface area contributed by atoms with Crippen molar-refractivity contribution < 1.29 is 14.4 Å². The van der Waals surface area contributed by atoms with E-state index >= 15 is 0 Å². The van der Waals surface area contributed by atoms with E-state index < -0.39 is 18.4 Å². The van der Waals surface area contributed by atoms with Crippen LogP contribution in [0.25, 0.3) is 0 Å². The number of hydrogen-bond acceptors (Lipinski definition) is 3. The second-order valence-electron chi connectivity index (χ2n) is 11.3. The molecule has 0 saturated heterocycles. The second-order valence-corrected chi connectivity index (χ2v) is 21.8. The SMILES string of the molecule is CCC[CH2][Sn]([C](=O)c1c(C)cc(C)cc1C)([C](=O)c1c(C)cc(C)cc1C)[C](=O)c1c(C)cc(C)cc1C. The van der Waals surface area contributed by atoms with Crippen LogP contribution in [0.2, 0.25) is 4.44 Å². The van der Waals surface area contributed by atoms with E-state index in [-0.39, 0.29) is 11.4 Å². The standard InChI is InChI=1S/3C10H11O.C4H9.Sn/c3*1-7-4-8(2)10(6-11)9(3)5-7;1-3-4-2;/h3*4-5H,1-3H3;1,3-4H2,2H3;. The molecule has 0 N–H and O–H groups in total. The fourth-order valence-corrected chi connectivity index (χ4v) is 19.6. The van der Waals surface area contributed by atoms with Crippen molar-refractivity contribution in [3.63, 3.8) is 0 Å². The quantitative estimate of drug-likeness (QED) is 0.227. The number of carbonyl (C=O) groups is 3. The van der Waals surface area contributed by atoms with E-state index in [1.807, 2.05) is 98.7 Å². The third-order valence-corrected chi connectivity index (χ3v) is 19.7. The Balaban J connectivity index is 2.47. The fourth-order valence-electron chi connectivity index (χ4n) is 6.35. The molecule has 3 aromatic carbocycles. The number of benzene rings is 3. The fraction of sp³-hybridized carbons (Fsp3) is 0.382. The zero-order chi connectivity index (χ0) is 28.5. The molecule has 0 saturated carbocycles. The molecule has 3 aromatic rings. The van der Waals surface area contributed by atoms with Crippen molar-refractivity contribution in [2.24, 2.45) is 0 Å². The molecule has 200 valence electrons. The summed E-state index contributed by atoms with van der Waals surface area (Å²) in [6.07, 6.45) is 1.49. The molecule has 0 aliphatic heterocycles. The van der Waals surface area contributed by atoms with E-state index in [9.17, 15) is 14.4 Å². The molecule has 0 bridgehead atoms. The molecule has 4 heteroatoms. The van der Waals surface area contributed by atoms with Gasteiger partial charge in [-0.15, -0.1) is 0 Å². The predicted octanol–water partition coefficient (Wildman–Crippen LogP) is 8.28. The van der Waals surface area contributed by atoms with Crippen molar-refractivity contribution in [3.8, 4) is 0 Å². The van der Waals surface area contributed by atoms with E-state index in [0.717, 1.165) is 56.5 Å². The van der Waals surface area contributed by atoms with Crippen molar-refractivity contribution in [3.05, 3.63) is 103 Å². The minimum atomic E-state index is -5.11. The topological polar surface area (TPSA) is 51.2 Å². The summed E-state index contributed by atoms with van der Waals surface area (Å²) in [5, 5.41) is 0. The minimum absolute atomic E-state index is 0.170. The Morgan fingerprint density at radius 2 is 0.737 bits per heavy atom. The number of aryl methyl sites for hydroxylation is 9. The van der Waals surface area contributed by atoms with E-state index in [4.69, 9.17) is 0 Å². The molecule has 0 atom stereocenters. The first-order valence-electron chi connectivity index (χ1n) is 13.6. The van der Waals surface area contributed by atoms with Crippen molar-refractivity contribution in [1.29, 1.82) is 0 Å². The van der Waals surface area contributed by atoms with E-state index in [0.29, 0.717) is 27.5 Å². The van der Waals surface area contributed by atoms with Crippen molar-refractivity contribution in [2.75, 3.05) is 0 Å². The Kier molecular flexibility index (Phi) is 9.23. The molecule has 3 nitrogen and oxygen atoms in total. The molecule has 0 aliphatic rings. The Morgan fingerprint density at radius 1 is 0.500 bits per heavy atom. The van der Waals surface area contributed by atoms with Crippen LogP contribution in [0.5, 0.6) is 0 Å². The van der Waals surface area contributed by atoms with Gasteiger partial charge in [0.1, 0.15) is 0 Å². The van der Waals surface area contributed by atoms with Gasteiger partial charge in [-0.05, 0) is 0 Å². The number of unbranched alkanes of at least 4 members (excludes halogenated alkanes) is 1. The monoisotopic (exact) mass is 618 g/mol. The summed E-state index contributed by atoms with van der Waals surface area (Å²) in [6, 6.07) is 12.0. The van der Waals surface area contributed by atoms with Gasteiger partial charge in [-0.1, -0.05) is 0 Å². The Morgan fingerprint density at radius 3 is 0.947 bits per heavy atom. The number of rotatable bonds is 9. The zero-order valence-electron chi connectivity index (χ0n) is 24.8. The summed E-state index contributed by atoms with van der Waals surface area (Å²) in [4.78, 5) is 45.0. The zero-order valence-corrected chi connectivity index (χ0v) is 27.7. The van der Waals surface area contributed by atoms with Crippen molar-refractivity contribution in [2.45, 2.75) is 86.5 Å². The van der Waals surface area contributed by atoms with Gasteiger partial charge in [0.15, 0.2) is 0 Å². The van der Waals surface area contributed by atoms with Crippen LogP contribution in [-0.2, 0) is 0 Å². The van der Waals surface area contributed by atoms with Crippen LogP contribution in [0.1, 0.15) is 101 Å². The Hall–Kier alpha value is -2.53. The maximum atomic E-state index is 15.0. The molecule has 3 rings (SSSR count). The first-order chi connectivity index (χ1) is 17.8. The Bertz CT molecular complexity index is 1210. The average Bonchev–Trinajstić information content (AvgIpc) is 2.77. The molecule has 38 heavy (non-hydrogen) atoms. The van der Waals surface area contributed by atoms with Gasteiger partial charge in [-0.3, -0.25) is 0 Å². The average molecular weight is 617 g/mol. The number of carbonyl (C=O) groups excluding carboxylic acids is 3. The van der Waals surface area contributed by atoms with Crippen LogP contribution in [0.3, 0.4) is 0 Å². The molecule has 0 heterocycles. The van der Waals surface area contributed by atoms with E-state index in [1.165, 1.54) is 0 Å². The molecule has 0 radical (unpaired) electrons. The molecule has 0 aromatic heterocycles. The summed E-state index contributed by atoms with van der Waals surface area (Å²) in [5.41, 5.74) is 10.0.